The van der Waals surface area contributed by atoms with E-state index in [1.54, 1.807) is 4.90 Å². The molecule has 3 fully saturated rings. The number of fused-ring (bicyclic) bond motifs is 1. The second kappa shape index (κ2) is 8.09. The molecule has 2 N–H and O–H groups in total. The van der Waals surface area contributed by atoms with E-state index in [4.69, 9.17) is 4.74 Å². The molecule has 3 aliphatic rings. The summed E-state index contributed by atoms with van der Waals surface area (Å²) < 4.78 is 5.48. The number of morpholine rings is 1. The van der Waals surface area contributed by atoms with Crippen LogP contribution < -0.4 is 5.32 Å². The highest BCUT2D eigenvalue weighted by Crippen LogP contribution is 2.48. The summed E-state index contributed by atoms with van der Waals surface area (Å²) in [6, 6.07) is 10.1. The van der Waals surface area contributed by atoms with Gasteiger partial charge in [0.2, 0.25) is 0 Å². The Bertz CT molecular complexity index is 707. The molecule has 3 atom stereocenters. The van der Waals surface area contributed by atoms with Gasteiger partial charge < -0.3 is 20.1 Å². The first kappa shape index (κ1) is 19.2. The molecule has 4 rings (SSSR count). The molecular formula is C21H29N3O4. The predicted octanol–water partition coefficient (Wildman–Crippen LogP) is 1.96. The molecule has 2 amide bonds. The van der Waals surface area contributed by atoms with Crippen LogP contribution >= 0.6 is 0 Å². The van der Waals surface area contributed by atoms with Crippen molar-refractivity contribution in [3.8, 4) is 0 Å². The fourth-order valence-corrected chi connectivity index (χ4v) is 5.11. The molecule has 2 aliphatic heterocycles. The Kier molecular flexibility index (Phi) is 5.55. The van der Waals surface area contributed by atoms with Gasteiger partial charge in [-0.3, -0.25) is 9.69 Å². The number of amides is 2. The van der Waals surface area contributed by atoms with Gasteiger partial charge in [-0.15, -0.1) is 0 Å². The number of carboxylic acids is 1. The number of likely N-dealkylation sites (tertiary alicyclic amines) is 1. The number of urea groups is 1. The minimum Gasteiger partial charge on any atom is -0.481 e. The summed E-state index contributed by atoms with van der Waals surface area (Å²) in [5.41, 5.74) is 0.436. The summed E-state index contributed by atoms with van der Waals surface area (Å²) in [5.74, 6) is -0.666. The lowest BCUT2D eigenvalue weighted by molar-refractivity contribution is -0.149. The van der Waals surface area contributed by atoms with E-state index in [9.17, 15) is 14.7 Å². The molecule has 0 bridgehead atoms. The van der Waals surface area contributed by atoms with Crippen molar-refractivity contribution in [1.82, 2.24) is 15.1 Å². The molecule has 7 heteroatoms. The Morgan fingerprint density at radius 1 is 1.25 bits per heavy atom. The van der Waals surface area contributed by atoms with Gasteiger partial charge in [-0.1, -0.05) is 36.8 Å². The van der Waals surface area contributed by atoms with Gasteiger partial charge in [-0.05, 0) is 24.3 Å². The van der Waals surface area contributed by atoms with Crippen LogP contribution in [0.3, 0.4) is 0 Å². The highest BCUT2D eigenvalue weighted by atomic mass is 16.5. The van der Waals surface area contributed by atoms with E-state index in [1.807, 2.05) is 18.2 Å². The molecule has 1 unspecified atom stereocenters. The Morgan fingerprint density at radius 3 is 2.68 bits per heavy atom. The second-order valence-electron chi connectivity index (χ2n) is 8.19. The lowest BCUT2D eigenvalue weighted by atomic mass is 9.81. The van der Waals surface area contributed by atoms with E-state index in [1.165, 1.54) is 5.56 Å². The summed E-state index contributed by atoms with van der Waals surface area (Å²) in [7, 11) is 0. The molecule has 0 radical (unpaired) electrons. The molecule has 7 nitrogen and oxygen atoms in total. The number of ether oxygens (including phenoxy) is 1. The highest BCUT2D eigenvalue weighted by Gasteiger charge is 2.55. The van der Waals surface area contributed by atoms with Gasteiger partial charge in [0.1, 0.15) is 0 Å². The number of hydrogen-bond donors (Lipinski definition) is 2. The van der Waals surface area contributed by atoms with Crippen molar-refractivity contribution in [3.05, 3.63) is 35.9 Å². The maximum Gasteiger partial charge on any atom is 0.317 e. The molecule has 28 heavy (non-hydrogen) atoms. The third-order valence-electron chi connectivity index (χ3n) is 6.70. The maximum atomic E-state index is 12.8. The Hall–Kier alpha value is -2.12. The molecule has 1 aromatic rings. The minimum atomic E-state index is -0.749. The molecule has 152 valence electrons. The van der Waals surface area contributed by atoms with Crippen LogP contribution in [-0.4, -0.2) is 72.8 Å². The van der Waals surface area contributed by atoms with Gasteiger partial charge in [0.15, 0.2) is 0 Å². The fraction of sp³-hybridized carbons (Fsp3) is 0.619. The number of nitrogens with one attached hydrogen (secondary N) is 1. The topological polar surface area (TPSA) is 82.1 Å². The van der Waals surface area contributed by atoms with Crippen LogP contribution in [0, 0.1) is 11.3 Å². The number of carbonyl (C=O) groups excluding carboxylic acids is 1. The Labute approximate surface area is 165 Å². The quantitative estimate of drug-likeness (QED) is 0.807. The maximum absolute atomic E-state index is 12.8. The van der Waals surface area contributed by atoms with Crippen LogP contribution in [0.2, 0.25) is 0 Å². The summed E-state index contributed by atoms with van der Waals surface area (Å²) in [5, 5.41) is 12.8. The third kappa shape index (κ3) is 3.61. The van der Waals surface area contributed by atoms with Gasteiger partial charge in [0.25, 0.3) is 0 Å². The molecule has 1 saturated carbocycles. The number of benzene rings is 1. The fourth-order valence-electron chi connectivity index (χ4n) is 5.11. The van der Waals surface area contributed by atoms with Gasteiger partial charge in [-0.2, -0.15) is 0 Å². The van der Waals surface area contributed by atoms with Crippen LogP contribution in [0.25, 0.3) is 0 Å². The monoisotopic (exact) mass is 387 g/mol. The first-order chi connectivity index (χ1) is 13.6. The van der Waals surface area contributed by atoms with Gasteiger partial charge >= 0.3 is 12.0 Å². The number of aliphatic carboxylic acids is 1. The van der Waals surface area contributed by atoms with Gasteiger partial charge in [-0.25, -0.2) is 4.79 Å². The van der Waals surface area contributed by atoms with E-state index < -0.39 is 11.4 Å². The van der Waals surface area contributed by atoms with Crippen molar-refractivity contribution >= 4 is 12.0 Å². The zero-order valence-corrected chi connectivity index (χ0v) is 16.2. The summed E-state index contributed by atoms with van der Waals surface area (Å²) in [6.45, 7) is 4.45. The molecule has 1 aromatic carbocycles. The van der Waals surface area contributed by atoms with Crippen molar-refractivity contribution in [2.75, 3.05) is 45.9 Å². The summed E-state index contributed by atoms with van der Waals surface area (Å²) >= 11 is 0. The van der Waals surface area contributed by atoms with Gasteiger partial charge in [0, 0.05) is 32.7 Å². The van der Waals surface area contributed by atoms with Crippen LogP contribution in [0.5, 0.6) is 0 Å². The number of rotatable bonds is 5. The normalized spacial score (nSPS) is 28.7. The van der Waals surface area contributed by atoms with E-state index in [-0.39, 0.29) is 18.0 Å². The predicted molar refractivity (Wildman–Crippen MR) is 104 cm³/mol. The summed E-state index contributed by atoms with van der Waals surface area (Å²) in [4.78, 5) is 28.7. The van der Waals surface area contributed by atoms with Gasteiger partial charge in [0.05, 0.1) is 24.7 Å². The van der Waals surface area contributed by atoms with E-state index in [2.05, 4.69) is 22.3 Å². The van der Waals surface area contributed by atoms with E-state index in [0.717, 1.165) is 25.9 Å². The number of carbonyl (C=O) groups is 2. The van der Waals surface area contributed by atoms with Crippen LogP contribution in [0.4, 0.5) is 4.79 Å². The van der Waals surface area contributed by atoms with Crippen molar-refractivity contribution < 1.29 is 19.4 Å². The molecular weight excluding hydrogens is 358 g/mol. The first-order valence-corrected chi connectivity index (χ1v) is 10.2. The summed E-state index contributed by atoms with van der Waals surface area (Å²) in [6.07, 6.45) is 2.52. The van der Waals surface area contributed by atoms with Crippen molar-refractivity contribution in [2.24, 2.45) is 11.3 Å². The lowest BCUT2D eigenvalue weighted by Crippen LogP contribution is -2.47. The molecule has 0 aromatic heterocycles. The molecule has 1 aliphatic carbocycles. The standard InChI is InChI=1S/C21H29N3O4/c25-19(26)21-8-4-7-17(21)14-24(15-21)20(27)22-13-18(16-5-2-1-3-6-16)23-9-11-28-12-10-23/h1-3,5-6,17-18H,4,7-15H2,(H,22,27)(H,25,26)/t17-,18?,21+/m0/s1. The Morgan fingerprint density at radius 2 is 2.00 bits per heavy atom. The molecule has 2 saturated heterocycles. The highest BCUT2D eigenvalue weighted by molar-refractivity contribution is 5.80. The largest absolute Gasteiger partial charge is 0.481 e. The first-order valence-electron chi connectivity index (χ1n) is 10.2. The third-order valence-corrected chi connectivity index (χ3v) is 6.70. The zero-order chi connectivity index (χ0) is 19.6. The van der Waals surface area contributed by atoms with Crippen LogP contribution in [-0.2, 0) is 9.53 Å². The smallest absolute Gasteiger partial charge is 0.317 e. The van der Waals surface area contributed by atoms with Crippen molar-refractivity contribution in [2.45, 2.75) is 25.3 Å². The zero-order valence-electron chi connectivity index (χ0n) is 16.2. The lowest BCUT2D eigenvalue weighted by Gasteiger charge is -2.35. The number of nitrogens with zero attached hydrogens (tertiary/aromatic N) is 2. The van der Waals surface area contributed by atoms with E-state index in [0.29, 0.717) is 39.3 Å². The van der Waals surface area contributed by atoms with E-state index >= 15 is 0 Å². The van der Waals surface area contributed by atoms with Crippen molar-refractivity contribution in [1.29, 1.82) is 0 Å². The second-order valence-corrected chi connectivity index (χ2v) is 8.19. The van der Waals surface area contributed by atoms with Crippen molar-refractivity contribution in [3.63, 3.8) is 0 Å². The molecule has 2 heterocycles. The number of carboxylic acid groups (broad SMARTS) is 1. The van der Waals surface area contributed by atoms with Crippen LogP contribution in [0.1, 0.15) is 30.9 Å². The average molecular weight is 387 g/mol. The molecule has 0 spiro atoms. The number of hydrogen-bond acceptors (Lipinski definition) is 4. The minimum absolute atomic E-state index is 0.0833. The average Bonchev–Trinajstić information content (AvgIpc) is 3.28. The van der Waals surface area contributed by atoms with Crippen LogP contribution in [0.15, 0.2) is 30.3 Å². The SMILES string of the molecule is O=C(NCC(c1ccccc1)N1CCOCC1)N1C[C@@H]2CCC[C@@]2(C(=O)O)C1. The Balaban J connectivity index is 1.41.